The maximum Gasteiger partial charge on any atom is 0.203 e. The Morgan fingerprint density at radius 1 is 1.27 bits per heavy atom. The molecule has 1 aromatic carbocycles. The predicted molar refractivity (Wildman–Crippen MR) is 57.3 cm³/mol. The largest absolute Gasteiger partial charge is 0.504 e. The molecule has 0 aliphatic carbocycles. The van der Waals surface area contributed by atoms with E-state index in [0.29, 0.717) is 11.5 Å². The van der Waals surface area contributed by atoms with Crippen LogP contribution in [0.15, 0.2) is 18.2 Å². The fourth-order valence-corrected chi connectivity index (χ4v) is 1.25. The van der Waals surface area contributed by atoms with Crippen molar-refractivity contribution in [1.29, 1.82) is 0 Å². The molecular formula is C11H14O4. The SMILES string of the molecule is COc1cc(C=CCO)cc(O)c1OC. The van der Waals surface area contributed by atoms with Gasteiger partial charge in [0, 0.05) is 0 Å². The molecule has 0 aliphatic rings. The summed E-state index contributed by atoms with van der Waals surface area (Å²) in [6.07, 6.45) is 3.25. The van der Waals surface area contributed by atoms with E-state index in [1.54, 1.807) is 18.2 Å². The minimum absolute atomic E-state index is 0.00874. The van der Waals surface area contributed by atoms with Gasteiger partial charge in [0.15, 0.2) is 11.5 Å². The molecular weight excluding hydrogens is 196 g/mol. The van der Waals surface area contributed by atoms with E-state index in [1.165, 1.54) is 20.3 Å². The maximum atomic E-state index is 9.60. The van der Waals surface area contributed by atoms with Crippen LogP contribution >= 0.6 is 0 Å². The monoisotopic (exact) mass is 210 g/mol. The van der Waals surface area contributed by atoms with Gasteiger partial charge in [-0.05, 0) is 17.7 Å². The molecule has 0 atom stereocenters. The standard InChI is InChI=1S/C11H14O4/c1-14-10-7-8(4-3-5-12)6-9(13)11(10)15-2/h3-4,6-7,12-13H,5H2,1-2H3. The molecule has 0 heterocycles. The fourth-order valence-electron chi connectivity index (χ4n) is 1.25. The minimum atomic E-state index is -0.0465. The molecule has 15 heavy (non-hydrogen) atoms. The lowest BCUT2D eigenvalue weighted by Gasteiger charge is -2.09. The van der Waals surface area contributed by atoms with Gasteiger partial charge in [0.05, 0.1) is 20.8 Å². The molecule has 0 aliphatic heterocycles. The fraction of sp³-hybridized carbons (Fsp3) is 0.273. The molecule has 0 saturated heterocycles. The van der Waals surface area contributed by atoms with Gasteiger partial charge in [-0.15, -0.1) is 0 Å². The summed E-state index contributed by atoms with van der Waals surface area (Å²) < 4.78 is 10.0. The van der Waals surface area contributed by atoms with Gasteiger partial charge in [-0.25, -0.2) is 0 Å². The first-order chi connectivity index (χ1) is 7.22. The van der Waals surface area contributed by atoms with Gasteiger partial charge in [-0.3, -0.25) is 0 Å². The summed E-state index contributed by atoms with van der Waals surface area (Å²) in [4.78, 5) is 0. The highest BCUT2D eigenvalue weighted by Gasteiger charge is 2.09. The van der Waals surface area contributed by atoms with E-state index in [4.69, 9.17) is 14.6 Å². The van der Waals surface area contributed by atoms with Crippen LogP contribution in [-0.2, 0) is 0 Å². The van der Waals surface area contributed by atoms with Crippen LogP contribution in [0, 0.1) is 0 Å². The molecule has 0 saturated carbocycles. The van der Waals surface area contributed by atoms with Crippen molar-refractivity contribution in [2.45, 2.75) is 0 Å². The molecule has 82 valence electrons. The van der Waals surface area contributed by atoms with Crippen LogP contribution in [0.3, 0.4) is 0 Å². The number of benzene rings is 1. The number of aliphatic hydroxyl groups excluding tert-OH is 1. The summed E-state index contributed by atoms with van der Waals surface area (Å²) in [7, 11) is 2.96. The average Bonchev–Trinajstić information content (AvgIpc) is 2.25. The summed E-state index contributed by atoms with van der Waals surface area (Å²) in [6.45, 7) is -0.0465. The second-order valence-electron chi connectivity index (χ2n) is 2.86. The minimum Gasteiger partial charge on any atom is -0.504 e. The summed E-state index contributed by atoms with van der Waals surface area (Å²) >= 11 is 0. The number of aromatic hydroxyl groups is 1. The van der Waals surface area contributed by atoms with Gasteiger partial charge in [0.2, 0.25) is 5.75 Å². The van der Waals surface area contributed by atoms with Crippen LogP contribution in [0.25, 0.3) is 6.08 Å². The molecule has 0 aromatic heterocycles. The van der Waals surface area contributed by atoms with Gasteiger partial charge in [-0.1, -0.05) is 12.2 Å². The van der Waals surface area contributed by atoms with E-state index in [9.17, 15) is 5.11 Å². The number of hydrogen-bond acceptors (Lipinski definition) is 4. The molecule has 0 bridgehead atoms. The number of methoxy groups -OCH3 is 2. The zero-order valence-electron chi connectivity index (χ0n) is 8.73. The Morgan fingerprint density at radius 2 is 2.00 bits per heavy atom. The second kappa shape index (κ2) is 5.26. The van der Waals surface area contributed by atoms with Crippen LogP contribution in [0.2, 0.25) is 0 Å². The Balaban J connectivity index is 3.13. The lowest BCUT2D eigenvalue weighted by atomic mass is 10.1. The lowest BCUT2D eigenvalue weighted by molar-refractivity contribution is 0.333. The van der Waals surface area contributed by atoms with Crippen molar-refractivity contribution >= 4 is 6.08 Å². The number of phenols is 1. The molecule has 2 N–H and O–H groups in total. The van der Waals surface area contributed by atoms with Crippen molar-refractivity contribution in [1.82, 2.24) is 0 Å². The van der Waals surface area contributed by atoms with Crippen LogP contribution in [-0.4, -0.2) is 31.0 Å². The summed E-state index contributed by atoms with van der Waals surface area (Å²) in [6, 6.07) is 3.25. The van der Waals surface area contributed by atoms with Gasteiger partial charge in [-0.2, -0.15) is 0 Å². The van der Waals surface area contributed by atoms with Crippen molar-refractivity contribution in [2.75, 3.05) is 20.8 Å². The third-order valence-electron chi connectivity index (χ3n) is 1.90. The summed E-state index contributed by atoms with van der Waals surface area (Å²) in [5.41, 5.74) is 0.735. The molecule has 0 unspecified atom stereocenters. The van der Waals surface area contributed by atoms with E-state index in [2.05, 4.69) is 0 Å². The Labute approximate surface area is 88.4 Å². The Bertz CT molecular complexity index is 358. The molecule has 4 heteroatoms. The highest BCUT2D eigenvalue weighted by atomic mass is 16.5. The van der Waals surface area contributed by atoms with Crippen LogP contribution < -0.4 is 9.47 Å². The highest BCUT2D eigenvalue weighted by Crippen LogP contribution is 2.37. The second-order valence-corrected chi connectivity index (χ2v) is 2.86. The Hall–Kier alpha value is -1.68. The normalized spacial score (nSPS) is 10.6. The quantitative estimate of drug-likeness (QED) is 0.789. The molecule has 1 rings (SSSR count). The number of aliphatic hydroxyl groups is 1. The zero-order valence-corrected chi connectivity index (χ0v) is 8.73. The maximum absolute atomic E-state index is 9.60. The van der Waals surface area contributed by atoms with Crippen molar-refractivity contribution in [2.24, 2.45) is 0 Å². The Kier molecular flexibility index (Phi) is 4.00. The van der Waals surface area contributed by atoms with Crippen molar-refractivity contribution in [3.05, 3.63) is 23.8 Å². The van der Waals surface area contributed by atoms with E-state index in [0.717, 1.165) is 5.56 Å². The first-order valence-corrected chi connectivity index (χ1v) is 4.45. The first kappa shape index (κ1) is 11.4. The third kappa shape index (κ3) is 2.63. The molecule has 0 spiro atoms. The van der Waals surface area contributed by atoms with Crippen molar-refractivity contribution < 1.29 is 19.7 Å². The molecule has 0 amide bonds. The topological polar surface area (TPSA) is 58.9 Å². The van der Waals surface area contributed by atoms with Gasteiger partial charge in [0.25, 0.3) is 0 Å². The predicted octanol–water partition coefficient (Wildman–Crippen LogP) is 1.41. The molecule has 0 radical (unpaired) electrons. The van der Waals surface area contributed by atoms with Gasteiger partial charge in [0.1, 0.15) is 0 Å². The molecule has 1 aromatic rings. The first-order valence-electron chi connectivity index (χ1n) is 4.45. The van der Waals surface area contributed by atoms with Gasteiger partial charge >= 0.3 is 0 Å². The van der Waals surface area contributed by atoms with E-state index in [-0.39, 0.29) is 12.4 Å². The average molecular weight is 210 g/mol. The van der Waals surface area contributed by atoms with Crippen LogP contribution in [0.4, 0.5) is 0 Å². The van der Waals surface area contributed by atoms with E-state index in [1.807, 2.05) is 0 Å². The van der Waals surface area contributed by atoms with E-state index < -0.39 is 0 Å². The van der Waals surface area contributed by atoms with Crippen molar-refractivity contribution in [3.8, 4) is 17.2 Å². The smallest absolute Gasteiger partial charge is 0.203 e. The number of hydrogen-bond donors (Lipinski definition) is 2. The highest BCUT2D eigenvalue weighted by molar-refractivity contribution is 5.61. The summed E-state index contributed by atoms with van der Waals surface area (Å²) in [5.74, 6) is 0.767. The lowest BCUT2D eigenvalue weighted by Crippen LogP contribution is -1.91. The number of rotatable bonds is 4. The number of phenolic OH excluding ortho intramolecular Hbond substituents is 1. The van der Waals surface area contributed by atoms with Gasteiger partial charge < -0.3 is 19.7 Å². The van der Waals surface area contributed by atoms with Crippen LogP contribution in [0.5, 0.6) is 17.2 Å². The van der Waals surface area contributed by atoms with E-state index >= 15 is 0 Å². The zero-order chi connectivity index (χ0) is 11.3. The van der Waals surface area contributed by atoms with Crippen LogP contribution in [0.1, 0.15) is 5.56 Å². The molecule has 0 fully saturated rings. The Morgan fingerprint density at radius 3 is 2.53 bits per heavy atom. The number of ether oxygens (including phenoxy) is 2. The van der Waals surface area contributed by atoms with Crippen molar-refractivity contribution in [3.63, 3.8) is 0 Å². The third-order valence-corrected chi connectivity index (χ3v) is 1.90. The molecule has 4 nitrogen and oxygen atoms in total. The summed E-state index contributed by atoms with van der Waals surface area (Å²) in [5, 5.41) is 18.2.